The van der Waals surface area contributed by atoms with Crippen molar-refractivity contribution in [2.24, 2.45) is 0 Å². The van der Waals surface area contributed by atoms with E-state index in [4.69, 9.17) is 41.7 Å². The molecule has 36 heavy (non-hydrogen) atoms. The van der Waals surface area contributed by atoms with Crippen molar-refractivity contribution < 1.29 is 33.0 Å². The van der Waals surface area contributed by atoms with E-state index in [1.165, 1.54) is 19.1 Å². The summed E-state index contributed by atoms with van der Waals surface area (Å²) in [4.78, 5) is 37.9. The molecule has 0 saturated carbocycles. The summed E-state index contributed by atoms with van der Waals surface area (Å²) in [6, 6.07) is 8.01. The number of aliphatic hydroxyl groups is 1. The van der Waals surface area contributed by atoms with E-state index in [0.717, 1.165) is 16.8 Å². The summed E-state index contributed by atoms with van der Waals surface area (Å²) in [5, 5.41) is 13.2. The van der Waals surface area contributed by atoms with E-state index < -0.39 is 66.5 Å². The molecule has 12 nitrogen and oxygen atoms in total. The summed E-state index contributed by atoms with van der Waals surface area (Å²) in [7, 11) is -4.27. The molecule has 0 aliphatic carbocycles. The van der Waals surface area contributed by atoms with E-state index in [0.29, 0.717) is 0 Å². The van der Waals surface area contributed by atoms with Crippen LogP contribution in [0, 0.1) is 0 Å². The quantitative estimate of drug-likeness (QED) is 0.221. The summed E-state index contributed by atoms with van der Waals surface area (Å²) in [6.07, 6.45) is -3.62. The van der Waals surface area contributed by atoms with Crippen molar-refractivity contribution in [3.63, 3.8) is 0 Å². The lowest BCUT2D eigenvalue weighted by molar-refractivity contribution is -0.149. The van der Waals surface area contributed by atoms with Crippen LogP contribution in [0.5, 0.6) is 5.75 Å². The number of hydrogen-bond acceptors (Lipinski definition) is 9. The Balaban J connectivity index is 1.80. The Morgan fingerprint density at radius 3 is 2.53 bits per heavy atom. The van der Waals surface area contributed by atoms with Crippen molar-refractivity contribution in [1.82, 2.24) is 14.6 Å². The molecule has 0 spiro atoms. The van der Waals surface area contributed by atoms with E-state index in [1.807, 2.05) is 4.98 Å². The molecule has 2 unspecified atom stereocenters. The van der Waals surface area contributed by atoms with Crippen LogP contribution in [0.15, 0.2) is 52.2 Å². The molecule has 0 amide bonds. The molecule has 2 aromatic rings. The number of carbonyl (C=O) groups is 1. The standard InChI is InChI=1S/C21H26Cl2N3O9P/c1-12(2)33-18(29)13(3)25-36(31,35-14-7-5-4-6-8-14)32-11-15-17(28)21(22,23)19(34-15)26-10-9-16(27)24-20(26)30/h4-10,12-13,15,17,19,28H,11H2,1-3H3,(H,25,31)(H,24,27,30)/t13?,15-,17-,19-,36?/m1/s1. The van der Waals surface area contributed by atoms with E-state index in [2.05, 4.69) is 5.09 Å². The molecule has 1 saturated heterocycles. The lowest BCUT2D eigenvalue weighted by Gasteiger charge is -2.25. The number of para-hydroxylation sites is 1. The van der Waals surface area contributed by atoms with Crippen LogP contribution in [0.3, 0.4) is 0 Å². The number of halogens is 2. The first-order valence-electron chi connectivity index (χ1n) is 10.8. The zero-order valence-corrected chi connectivity index (χ0v) is 21.9. The summed E-state index contributed by atoms with van der Waals surface area (Å²) >= 11 is 12.6. The predicted molar refractivity (Wildman–Crippen MR) is 130 cm³/mol. The van der Waals surface area contributed by atoms with Crippen molar-refractivity contribution >= 4 is 36.9 Å². The maximum atomic E-state index is 13.6. The Labute approximate surface area is 216 Å². The molecule has 1 aliphatic heterocycles. The molecule has 198 valence electrons. The first-order chi connectivity index (χ1) is 16.8. The van der Waals surface area contributed by atoms with Gasteiger partial charge in [0.25, 0.3) is 5.56 Å². The second-order valence-corrected chi connectivity index (χ2v) is 11.3. The molecule has 15 heteroatoms. The zero-order chi connectivity index (χ0) is 26.7. The number of hydrogen-bond donors (Lipinski definition) is 3. The topological polar surface area (TPSA) is 158 Å². The molecule has 3 N–H and O–H groups in total. The number of ether oxygens (including phenoxy) is 2. The molecule has 3 rings (SSSR count). The second-order valence-electron chi connectivity index (χ2n) is 8.20. The maximum absolute atomic E-state index is 13.6. The van der Waals surface area contributed by atoms with Gasteiger partial charge in [0.05, 0.1) is 12.7 Å². The summed E-state index contributed by atoms with van der Waals surface area (Å²) < 4.78 is 34.3. The molecule has 5 atom stereocenters. The van der Waals surface area contributed by atoms with Gasteiger partial charge in [-0.15, -0.1) is 0 Å². The normalized spacial score (nSPS) is 23.7. The molecule has 1 aliphatic rings. The molecule has 0 bridgehead atoms. The fraction of sp³-hybridized carbons (Fsp3) is 0.476. The Bertz CT molecular complexity index is 1220. The van der Waals surface area contributed by atoms with Crippen LogP contribution >= 0.6 is 30.9 Å². The summed E-state index contributed by atoms with van der Waals surface area (Å²) in [5.74, 6) is -0.520. The SMILES string of the molecule is CC(C)OC(=O)C(C)NP(=O)(OC[C@H]1O[C@@H](n2ccc(=O)[nH]c2=O)C(Cl)(Cl)[C@@H]1O)Oc1ccccc1. The van der Waals surface area contributed by atoms with E-state index in [-0.39, 0.29) is 5.75 Å². The molecule has 1 fully saturated rings. The lowest BCUT2D eigenvalue weighted by atomic mass is 10.2. The van der Waals surface area contributed by atoms with Crippen molar-refractivity contribution in [2.45, 2.75) is 55.7 Å². The van der Waals surface area contributed by atoms with Crippen LogP contribution in [0.2, 0.25) is 0 Å². The monoisotopic (exact) mass is 565 g/mol. The molecule has 1 aromatic carbocycles. The molecule has 2 heterocycles. The minimum atomic E-state index is -4.27. The number of H-pyrrole nitrogens is 1. The number of nitrogens with zero attached hydrogens (tertiary/aromatic N) is 1. The number of carbonyl (C=O) groups excluding carboxylic acids is 1. The largest absolute Gasteiger partial charge is 0.462 e. The highest BCUT2D eigenvalue weighted by Crippen LogP contribution is 2.49. The fourth-order valence-corrected chi connectivity index (χ4v) is 5.32. The number of rotatable bonds is 10. The highest BCUT2D eigenvalue weighted by molar-refractivity contribution is 7.52. The van der Waals surface area contributed by atoms with Gasteiger partial charge in [-0.1, -0.05) is 41.4 Å². The van der Waals surface area contributed by atoms with Crippen LogP contribution in [0.4, 0.5) is 0 Å². The van der Waals surface area contributed by atoms with Gasteiger partial charge in [0.2, 0.25) is 0 Å². The smallest absolute Gasteiger partial charge is 0.459 e. The van der Waals surface area contributed by atoms with Crippen LogP contribution in [-0.2, 0) is 23.4 Å². The minimum Gasteiger partial charge on any atom is -0.462 e. The Morgan fingerprint density at radius 2 is 1.92 bits per heavy atom. The van der Waals surface area contributed by atoms with Crippen LogP contribution in [0.25, 0.3) is 0 Å². The third-order valence-corrected chi connectivity index (χ3v) is 7.38. The number of alkyl halides is 2. The van der Waals surface area contributed by atoms with Gasteiger partial charge in [0, 0.05) is 12.3 Å². The van der Waals surface area contributed by atoms with Gasteiger partial charge in [-0.25, -0.2) is 9.36 Å². The summed E-state index contributed by atoms with van der Waals surface area (Å²) in [5.41, 5.74) is -1.52. The third kappa shape index (κ3) is 6.77. The van der Waals surface area contributed by atoms with Gasteiger partial charge in [-0.2, -0.15) is 5.09 Å². The highest BCUT2D eigenvalue weighted by atomic mass is 35.5. The van der Waals surface area contributed by atoms with Gasteiger partial charge < -0.3 is 19.1 Å². The third-order valence-electron chi connectivity index (χ3n) is 4.92. The fourth-order valence-electron chi connectivity index (χ4n) is 3.22. The van der Waals surface area contributed by atoms with E-state index in [9.17, 15) is 24.1 Å². The van der Waals surface area contributed by atoms with Gasteiger partial charge in [0.1, 0.15) is 24.0 Å². The summed E-state index contributed by atoms with van der Waals surface area (Å²) in [6.45, 7) is 4.17. The number of aliphatic hydroxyl groups excluding tert-OH is 1. The van der Waals surface area contributed by atoms with Crippen molar-refractivity contribution in [2.75, 3.05) is 6.61 Å². The maximum Gasteiger partial charge on any atom is 0.459 e. The lowest BCUT2D eigenvalue weighted by Crippen LogP contribution is -2.41. The van der Waals surface area contributed by atoms with Gasteiger partial charge in [0.15, 0.2) is 10.6 Å². The van der Waals surface area contributed by atoms with Crippen LogP contribution in [0.1, 0.15) is 27.0 Å². The number of esters is 1. The zero-order valence-electron chi connectivity index (χ0n) is 19.5. The highest BCUT2D eigenvalue weighted by Gasteiger charge is 2.56. The van der Waals surface area contributed by atoms with Gasteiger partial charge in [-0.05, 0) is 32.9 Å². The Hall–Kier alpha value is -2.18. The first kappa shape index (κ1) is 28.4. The van der Waals surface area contributed by atoms with E-state index >= 15 is 0 Å². The van der Waals surface area contributed by atoms with Crippen molar-refractivity contribution in [3.05, 3.63) is 63.4 Å². The van der Waals surface area contributed by atoms with Crippen LogP contribution < -0.4 is 20.9 Å². The van der Waals surface area contributed by atoms with Crippen LogP contribution in [-0.4, -0.2) is 55.9 Å². The molecule has 1 aromatic heterocycles. The van der Waals surface area contributed by atoms with Crippen molar-refractivity contribution in [3.8, 4) is 5.75 Å². The number of aromatic amines is 1. The van der Waals surface area contributed by atoms with Gasteiger partial charge in [-0.3, -0.25) is 23.7 Å². The number of benzene rings is 1. The number of nitrogens with one attached hydrogen (secondary N) is 2. The Kier molecular flexibility index (Phi) is 9.05. The second kappa shape index (κ2) is 11.5. The molecule has 0 radical (unpaired) electrons. The van der Waals surface area contributed by atoms with Crippen molar-refractivity contribution in [1.29, 1.82) is 0 Å². The van der Waals surface area contributed by atoms with Gasteiger partial charge >= 0.3 is 19.4 Å². The average Bonchev–Trinajstić information content (AvgIpc) is 3.01. The predicted octanol–water partition coefficient (Wildman–Crippen LogP) is 2.10. The van der Waals surface area contributed by atoms with E-state index in [1.54, 1.807) is 32.0 Å². The molecular weight excluding hydrogens is 540 g/mol. The minimum absolute atomic E-state index is 0.173. The first-order valence-corrected chi connectivity index (χ1v) is 13.1. The average molecular weight is 566 g/mol. The number of aromatic nitrogens is 2. The Morgan fingerprint density at radius 1 is 1.25 bits per heavy atom. The molecular formula is C21H26Cl2N3O9P.